The van der Waals surface area contributed by atoms with Crippen molar-refractivity contribution in [3.05, 3.63) is 69.9 Å². The first-order valence-corrected chi connectivity index (χ1v) is 11.1. The third kappa shape index (κ3) is 4.99. The summed E-state index contributed by atoms with van der Waals surface area (Å²) in [6, 6.07) is 12.2. The number of nitrogens with zero attached hydrogens (tertiary/aromatic N) is 2. The molecule has 1 N–H and O–H groups in total. The molecule has 0 fully saturated rings. The van der Waals surface area contributed by atoms with Crippen molar-refractivity contribution < 1.29 is 9.21 Å². The second-order valence-electron chi connectivity index (χ2n) is 6.84. The lowest BCUT2D eigenvalue weighted by atomic mass is 10.2. The Morgan fingerprint density at radius 3 is 2.45 bits per heavy atom. The van der Waals surface area contributed by atoms with Crippen molar-refractivity contribution >= 4 is 28.6 Å². The third-order valence-corrected chi connectivity index (χ3v) is 6.24. The Morgan fingerprint density at radius 1 is 0.966 bits per heavy atom. The van der Waals surface area contributed by atoms with Crippen LogP contribution in [-0.2, 0) is 17.6 Å². The van der Waals surface area contributed by atoms with Crippen molar-refractivity contribution in [1.82, 2.24) is 15.3 Å². The number of aryl methyl sites for hydroxylation is 2. The molecule has 0 unspecified atom stereocenters. The van der Waals surface area contributed by atoms with Crippen LogP contribution in [0.5, 0.6) is 0 Å². The lowest BCUT2D eigenvalue weighted by Gasteiger charge is -2.02. The van der Waals surface area contributed by atoms with Crippen molar-refractivity contribution in [3.8, 4) is 21.3 Å². The number of furan rings is 1. The SMILES string of the molecule is Cc1ccc(-c2nc(CCNC(=O)Cc3csc(-c4ccc(C)o4)n3)cs2)cc1. The number of benzene rings is 1. The molecular weight excluding hydrogens is 402 g/mol. The van der Waals surface area contributed by atoms with Gasteiger partial charge in [-0.1, -0.05) is 29.8 Å². The van der Waals surface area contributed by atoms with Crippen LogP contribution in [0.1, 0.15) is 22.7 Å². The Balaban J connectivity index is 1.26. The first-order valence-electron chi connectivity index (χ1n) is 9.36. The Morgan fingerprint density at radius 2 is 1.69 bits per heavy atom. The largest absolute Gasteiger partial charge is 0.459 e. The van der Waals surface area contributed by atoms with Crippen LogP contribution in [0.3, 0.4) is 0 Å². The number of aromatic nitrogens is 2. The van der Waals surface area contributed by atoms with Crippen molar-refractivity contribution in [3.63, 3.8) is 0 Å². The summed E-state index contributed by atoms with van der Waals surface area (Å²) in [6.45, 7) is 4.53. The first-order chi connectivity index (χ1) is 14.1. The summed E-state index contributed by atoms with van der Waals surface area (Å²) in [7, 11) is 0. The summed E-state index contributed by atoms with van der Waals surface area (Å²) in [6.07, 6.45) is 0.976. The quantitative estimate of drug-likeness (QED) is 0.452. The Bertz CT molecular complexity index is 1110. The van der Waals surface area contributed by atoms with Gasteiger partial charge in [0.1, 0.15) is 10.8 Å². The van der Waals surface area contributed by atoms with Gasteiger partial charge in [0.25, 0.3) is 0 Å². The minimum atomic E-state index is -0.0357. The third-order valence-electron chi connectivity index (χ3n) is 4.40. The van der Waals surface area contributed by atoms with Crippen molar-refractivity contribution in [2.24, 2.45) is 0 Å². The number of hydrogen-bond acceptors (Lipinski definition) is 6. The zero-order chi connectivity index (χ0) is 20.2. The number of hydrogen-bond donors (Lipinski definition) is 1. The number of carbonyl (C=O) groups is 1. The zero-order valence-corrected chi connectivity index (χ0v) is 17.9. The number of rotatable bonds is 7. The molecule has 0 aliphatic heterocycles. The highest BCUT2D eigenvalue weighted by molar-refractivity contribution is 7.13. The van der Waals surface area contributed by atoms with E-state index in [1.54, 1.807) is 11.3 Å². The van der Waals surface area contributed by atoms with E-state index in [2.05, 4.69) is 51.9 Å². The van der Waals surface area contributed by atoms with Gasteiger partial charge in [-0.25, -0.2) is 9.97 Å². The van der Waals surface area contributed by atoms with Gasteiger partial charge in [0.15, 0.2) is 10.8 Å². The van der Waals surface area contributed by atoms with Crippen LogP contribution in [0.4, 0.5) is 0 Å². The van der Waals surface area contributed by atoms with E-state index in [1.165, 1.54) is 16.9 Å². The minimum Gasteiger partial charge on any atom is -0.459 e. The highest BCUT2D eigenvalue weighted by Crippen LogP contribution is 2.26. The molecule has 0 aliphatic rings. The van der Waals surface area contributed by atoms with Gasteiger partial charge in [-0.2, -0.15) is 0 Å². The van der Waals surface area contributed by atoms with Crippen LogP contribution in [-0.4, -0.2) is 22.4 Å². The average molecular weight is 424 g/mol. The van der Waals surface area contributed by atoms with Gasteiger partial charge in [0.05, 0.1) is 17.8 Å². The molecule has 7 heteroatoms. The smallest absolute Gasteiger partial charge is 0.226 e. The normalized spacial score (nSPS) is 11.0. The molecule has 0 radical (unpaired) electrons. The Hall–Kier alpha value is -2.77. The lowest BCUT2D eigenvalue weighted by molar-refractivity contribution is -0.120. The van der Waals surface area contributed by atoms with Crippen LogP contribution in [0, 0.1) is 13.8 Å². The Kier molecular flexibility index (Phi) is 5.87. The van der Waals surface area contributed by atoms with Crippen LogP contribution in [0.2, 0.25) is 0 Å². The first kappa shape index (κ1) is 19.5. The summed E-state index contributed by atoms with van der Waals surface area (Å²) < 4.78 is 5.58. The van der Waals surface area contributed by atoms with E-state index in [4.69, 9.17) is 4.42 Å². The van der Waals surface area contributed by atoms with E-state index >= 15 is 0 Å². The average Bonchev–Trinajstić information content (AvgIpc) is 3.44. The molecule has 0 spiro atoms. The second kappa shape index (κ2) is 8.71. The lowest BCUT2D eigenvalue weighted by Crippen LogP contribution is -2.27. The van der Waals surface area contributed by atoms with E-state index in [-0.39, 0.29) is 12.3 Å². The fraction of sp³-hybridized carbons (Fsp3) is 0.227. The molecule has 0 bridgehead atoms. The van der Waals surface area contributed by atoms with Gasteiger partial charge in [-0.3, -0.25) is 4.79 Å². The van der Waals surface area contributed by atoms with E-state index in [0.29, 0.717) is 13.0 Å². The van der Waals surface area contributed by atoms with Crippen LogP contribution >= 0.6 is 22.7 Å². The number of amides is 1. The monoisotopic (exact) mass is 423 g/mol. The zero-order valence-electron chi connectivity index (χ0n) is 16.3. The standard InChI is InChI=1S/C22H21N3O2S2/c1-14-3-6-16(7-4-14)21-24-17(12-28-21)9-10-23-20(26)11-18-13-29-22(25-18)19-8-5-15(2)27-19/h3-8,12-13H,9-11H2,1-2H3,(H,23,26). The molecule has 3 aromatic heterocycles. The summed E-state index contributed by atoms with van der Waals surface area (Å²) in [5.74, 6) is 1.56. The van der Waals surface area contributed by atoms with Gasteiger partial charge >= 0.3 is 0 Å². The molecule has 1 amide bonds. The fourth-order valence-corrected chi connectivity index (χ4v) is 4.50. The number of nitrogens with one attached hydrogen (secondary N) is 1. The molecule has 3 heterocycles. The van der Waals surface area contributed by atoms with E-state index in [1.807, 2.05) is 24.4 Å². The van der Waals surface area contributed by atoms with Gasteiger partial charge in [0.2, 0.25) is 5.91 Å². The van der Waals surface area contributed by atoms with Gasteiger partial charge in [0, 0.05) is 29.3 Å². The highest BCUT2D eigenvalue weighted by atomic mass is 32.1. The summed E-state index contributed by atoms with van der Waals surface area (Å²) >= 11 is 3.12. The van der Waals surface area contributed by atoms with E-state index in [9.17, 15) is 4.79 Å². The number of thiazole rings is 2. The van der Waals surface area contributed by atoms with Gasteiger partial charge < -0.3 is 9.73 Å². The molecule has 5 nitrogen and oxygen atoms in total. The molecule has 29 heavy (non-hydrogen) atoms. The maximum atomic E-state index is 12.2. The van der Waals surface area contributed by atoms with E-state index in [0.717, 1.165) is 38.5 Å². The molecule has 0 saturated carbocycles. The summed E-state index contributed by atoms with van der Waals surface area (Å²) in [4.78, 5) is 21.4. The summed E-state index contributed by atoms with van der Waals surface area (Å²) in [5.41, 5.74) is 4.11. The molecule has 0 aliphatic carbocycles. The second-order valence-corrected chi connectivity index (χ2v) is 8.56. The van der Waals surface area contributed by atoms with Crippen molar-refractivity contribution in [2.45, 2.75) is 26.7 Å². The molecule has 148 valence electrons. The van der Waals surface area contributed by atoms with Gasteiger partial charge in [-0.05, 0) is 26.0 Å². The highest BCUT2D eigenvalue weighted by Gasteiger charge is 2.11. The van der Waals surface area contributed by atoms with Crippen LogP contribution in [0.15, 0.2) is 51.6 Å². The molecule has 1 aromatic carbocycles. The van der Waals surface area contributed by atoms with Crippen molar-refractivity contribution in [1.29, 1.82) is 0 Å². The fourth-order valence-electron chi connectivity index (χ4n) is 2.86. The molecule has 4 rings (SSSR count). The maximum absolute atomic E-state index is 12.2. The topological polar surface area (TPSA) is 68.0 Å². The predicted octanol–water partition coefficient (Wildman–Crippen LogP) is 5.04. The van der Waals surface area contributed by atoms with Crippen molar-refractivity contribution in [2.75, 3.05) is 6.54 Å². The Labute approximate surface area is 177 Å². The van der Waals surface area contributed by atoms with Gasteiger partial charge in [-0.15, -0.1) is 22.7 Å². The predicted molar refractivity (Wildman–Crippen MR) is 117 cm³/mol. The molecule has 0 atom stereocenters. The molecule has 0 saturated heterocycles. The van der Waals surface area contributed by atoms with E-state index < -0.39 is 0 Å². The van der Waals surface area contributed by atoms with Crippen LogP contribution in [0.25, 0.3) is 21.3 Å². The maximum Gasteiger partial charge on any atom is 0.226 e. The minimum absolute atomic E-state index is 0.0357. The molecular formula is C22H21N3O2S2. The molecule has 4 aromatic rings. The van der Waals surface area contributed by atoms with Crippen LogP contribution < -0.4 is 5.32 Å². The summed E-state index contributed by atoms with van der Waals surface area (Å²) in [5, 5.41) is 8.72. The number of carbonyl (C=O) groups excluding carboxylic acids is 1.